The summed E-state index contributed by atoms with van der Waals surface area (Å²) in [5.74, 6) is 1.57. The molecule has 2 rings (SSSR count). The Labute approximate surface area is 120 Å². The highest BCUT2D eigenvalue weighted by atomic mass is 16.5. The molecule has 0 spiro atoms. The molecule has 0 atom stereocenters. The molecule has 0 unspecified atom stereocenters. The van der Waals surface area contributed by atoms with Gasteiger partial charge in [0.05, 0.1) is 18.0 Å². The van der Waals surface area contributed by atoms with Crippen LogP contribution in [0, 0.1) is 12.8 Å². The lowest BCUT2D eigenvalue weighted by molar-refractivity contribution is 0.289. The Kier molecular flexibility index (Phi) is 4.79. The first-order valence-electron chi connectivity index (χ1n) is 7.09. The third kappa shape index (κ3) is 3.39. The summed E-state index contributed by atoms with van der Waals surface area (Å²) in [6.07, 6.45) is 1.07. The van der Waals surface area contributed by atoms with Crippen molar-refractivity contribution in [2.24, 2.45) is 11.7 Å². The van der Waals surface area contributed by atoms with Crippen LogP contribution < -0.4 is 10.5 Å². The van der Waals surface area contributed by atoms with Gasteiger partial charge in [-0.2, -0.15) is 5.10 Å². The number of ether oxygens (including phenoxy) is 1. The van der Waals surface area contributed by atoms with Crippen LogP contribution in [0.5, 0.6) is 5.75 Å². The van der Waals surface area contributed by atoms with E-state index in [9.17, 15) is 0 Å². The average Bonchev–Trinajstić information content (AvgIpc) is 2.80. The molecular formula is C16H23N3O. The SMILES string of the molecule is Cc1c(-c2ccc(OCCC(C)C)cc2)n[nH]c1CN. The molecular weight excluding hydrogens is 250 g/mol. The third-order valence-corrected chi connectivity index (χ3v) is 3.41. The van der Waals surface area contributed by atoms with E-state index in [4.69, 9.17) is 10.5 Å². The van der Waals surface area contributed by atoms with Crippen molar-refractivity contribution in [1.29, 1.82) is 0 Å². The summed E-state index contributed by atoms with van der Waals surface area (Å²) < 4.78 is 5.72. The molecule has 4 heteroatoms. The molecule has 0 aliphatic heterocycles. The molecule has 1 aromatic heterocycles. The van der Waals surface area contributed by atoms with E-state index >= 15 is 0 Å². The second kappa shape index (κ2) is 6.57. The number of aromatic amines is 1. The second-order valence-corrected chi connectivity index (χ2v) is 5.44. The lowest BCUT2D eigenvalue weighted by Crippen LogP contribution is -2.01. The normalized spacial score (nSPS) is 11.1. The summed E-state index contributed by atoms with van der Waals surface area (Å²) >= 11 is 0. The maximum absolute atomic E-state index is 5.72. The van der Waals surface area contributed by atoms with Crippen LogP contribution in [0.2, 0.25) is 0 Å². The fraction of sp³-hybridized carbons (Fsp3) is 0.438. The van der Waals surface area contributed by atoms with Crippen LogP contribution in [-0.2, 0) is 6.54 Å². The highest BCUT2D eigenvalue weighted by molar-refractivity contribution is 5.64. The Balaban J connectivity index is 2.05. The number of hydrogen-bond donors (Lipinski definition) is 2. The Hall–Kier alpha value is -1.81. The van der Waals surface area contributed by atoms with Crippen molar-refractivity contribution in [2.45, 2.75) is 33.7 Å². The lowest BCUT2D eigenvalue weighted by atomic mass is 10.1. The summed E-state index contributed by atoms with van der Waals surface area (Å²) in [5.41, 5.74) is 9.79. The zero-order chi connectivity index (χ0) is 14.5. The highest BCUT2D eigenvalue weighted by Gasteiger charge is 2.09. The molecule has 108 valence electrons. The molecule has 1 heterocycles. The number of nitrogens with one attached hydrogen (secondary N) is 1. The quantitative estimate of drug-likeness (QED) is 0.849. The predicted molar refractivity (Wildman–Crippen MR) is 81.6 cm³/mol. The number of nitrogens with two attached hydrogens (primary N) is 1. The maximum Gasteiger partial charge on any atom is 0.119 e. The molecule has 0 aliphatic rings. The minimum absolute atomic E-state index is 0.481. The van der Waals surface area contributed by atoms with Gasteiger partial charge in [-0.25, -0.2) is 0 Å². The van der Waals surface area contributed by atoms with Gasteiger partial charge in [0, 0.05) is 12.1 Å². The number of H-pyrrole nitrogens is 1. The molecule has 4 nitrogen and oxygen atoms in total. The van der Waals surface area contributed by atoms with Crippen molar-refractivity contribution in [3.05, 3.63) is 35.5 Å². The van der Waals surface area contributed by atoms with Gasteiger partial charge in [0.25, 0.3) is 0 Å². The van der Waals surface area contributed by atoms with Crippen molar-refractivity contribution in [2.75, 3.05) is 6.61 Å². The zero-order valence-electron chi connectivity index (χ0n) is 12.4. The van der Waals surface area contributed by atoms with Gasteiger partial charge < -0.3 is 10.5 Å². The van der Waals surface area contributed by atoms with E-state index in [1.807, 2.05) is 31.2 Å². The lowest BCUT2D eigenvalue weighted by Gasteiger charge is -2.08. The van der Waals surface area contributed by atoms with E-state index in [0.29, 0.717) is 12.5 Å². The van der Waals surface area contributed by atoms with E-state index in [2.05, 4.69) is 24.0 Å². The van der Waals surface area contributed by atoms with E-state index in [1.54, 1.807) is 0 Å². The van der Waals surface area contributed by atoms with Gasteiger partial charge in [-0.1, -0.05) is 13.8 Å². The van der Waals surface area contributed by atoms with Crippen LogP contribution in [0.25, 0.3) is 11.3 Å². The van der Waals surface area contributed by atoms with Gasteiger partial charge in [-0.15, -0.1) is 0 Å². The molecule has 20 heavy (non-hydrogen) atoms. The van der Waals surface area contributed by atoms with Crippen molar-refractivity contribution in [3.8, 4) is 17.0 Å². The monoisotopic (exact) mass is 273 g/mol. The van der Waals surface area contributed by atoms with Gasteiger partial charge in [-0.3, -0.25) is 5.10 Å². The zero-order valence-corrected chi connectivity index (χ0v) is 12.4. The fourth-order valence-corrected chi connectivity index (χ4v) is 2.04. The number of nitrogens with zero attached hydrogens (tertiary/aromatic N) is 1. The molecule has 0 bridgehead atoms. The minimum atomic E-state index is 0.481. The summed E-state index contributed by atoms with van der Waals surface area (Å²) in [5, 5.41) is 7.30. The predicted octanol–water partition coefficient (Wildman–Crippen LogP) is 3.27. The van der Waals surface area contributed by atoms with Crippen LogP contribution in [0.3, 0.4) is 0 Å². The molecule has 0 amide bonds. The number of benzene rings is 1. The Morgan fingerprint density at radius 2 is 1.95 bits per heavy atom. The summed E-state index contributed by atoms with van der Waals surface area (Å²) in [7, 11) is 0. The van der Waals surface area contributed by atoms with Crippen LogP contribution in [0.1, 0.15) is 31.5 Å². The molecule has 0 radical (unpaired) electrons. The Morgan fingerprint density at radius 3 is 2.50 bits per heavy atom. The topological polar surface area (TPSA) is 63.9 Å². The standard InChI is InChI=1S/C16H23N3O/c1-11(2)8-9-20-14-6-4-13(5-7-14)16-12(3)15(10-17)18-19-16/h4-7,11H,8-10,17H2,1-3H3,(H,18,19). The average molecular weight is 273 g/mol. The molecule has 0 saturated heterocycles. The smallest absolute Gasteiger partial charge is 0.119 e. The summed E-state index contributed by atoms with van der Waals surface area (Å²) in [6.45, 7) is 7.67. The molecule has 0 saturated carbocycles. The largest absolute Gasteiger partial charge is 0.494 e. The molecule has 1 aromatic carbocycles. The van der Waals surface area contributed by atoms with E-state index in [-0.39, 0.29) is 0 Å². The fourth-order valence-electron chi connectivity index (χ4n) is 2.04. The van der Waals surface area contributed by atoms with Crippen LogP contribution in [0.15, 0.2) is 24.3 Å². The third-order valence-electron chi connectivity index (χ3n) is 3.41. The van der Waals surface area contributed by atoms with Crippen molar-refractivity contribution in [1.82, 2.24) is 10.2 Å². The summed E-state index contributed by atoms with van der Waals surface area (Å²) in [6, 6.07) is 8.06. The second-order valence-electron chi connectivity index (χ2n) is 5.44. The molecule has 0 fully saturated rings. The molecule has 0 aliphatic carbocycles. The first-order chi connectivity index (χ1) is 9.61. The van der Waals surface area contributed by atoms with Gasteiger partial charge in [0.2, 0.25) is 0 Å². The Bertz CT molecular complexity index is 543. The van der Waals surface area contributed by atoms with Crippen LogP contribution >= 0.6 is 0 Å². The van der Waals surface area contributed by atoms with Crippen LogP contribution in [-0.4, -0.2) is 16.8 Å². The van der Waals surface area contributed by atoms with E-state index in [0.717, 1.165) is 41.3 Å². The van der Waals surface area contributed by atoms with Crippen molar-refractivity contribution >= 4 is 0 Å². The Morgan fingerprint density at radius 1 is 1.25 bits per heavy atom. The number of aromatic nitrogens is 2. The van der Waals surface area contributed by atoms with E-state index < -0.39 is 0 Å². The molecule has 2 aromatic rings. The van der Waals surface area contributed by atoms with E-state index in [1.165, 1.54) is 0 Å². The number of hydrogen-bond acceptors (Lipinski definition) is 3. The first kappa shape index (κ1) is 14.6. The van der Waals surface area contributed by atoms with Crippen molar-refractivity contribution in [3.63, 3.8) is 0 Å². The van der Waals surface area contributed by atoms with Gasteiger partial charge in [0.15, 0.2) is 0 Å². The van der Waals surface area contributed by atoms with Gasteiger partial charge in [-0.05, 0) is 49.1 Å². The minimum Gasteiger partial charge on any atom is -0.494 e. The molecule has 3 N–H and O–H groups in total. The van der Waals surface area contributed by atoms with Gasteiger partial charge >= 0.3 is 0 Å². The number of rotatable bonds is 6. The van der Waals surface area contributed by atoms with Gasteiger partial charge in [0.1, 0.15) is 5.75 Å². The van der Waals surface area contributed by atoms with Crippen LogP contribution in [0.4, 0.5) is 0 Å². The highest BCUT2D eigenvalue weighted by Crippen LogP contribution is 2.25. The first-order valence-corrected chi connectivity index (χ1v) is 7.09. The summed E-state index contributed by atoms with van der Waals surface area (Å²) in [4.78, 5) is 0. The maximum atomic E-state index is 5.72. The van der Waals surface area contributed by atoms with Crippen molar-refractivity contribution < 1.29 is 4.74 Å².